The molecule has 0 unspecified atom stereocenters. The summed E-state index contributed by atoms with van der Waals surface area (Å²) in [5.41, 5.74) is 0.542. The number of thiazole rings is 1. The maximum Gasteiger partial charge on any atom is 0.304 e. The average molecular weight is 349 g/mol. The molecule has 0 fully saturated rings. The minimum Gasteiger partial charge on any atom is -0.315 e. The predicted octanol–water partition coefficient (Wildman–Crippen LogP) is 1.68. The Hall–Kier alpha value is -0.960. The molecule has 1 aromatic heterocycles. The van der Waals surface area contributed by atoms with Crippen molar-refractivity contribution >= 4 is 37.3 Å². The smallest absolute Gasteiger partial charge is 0.304 e. The Bertz CT molecular complexity index is 706. The van der Waals surface area contributed by atoms with Crippen LogP contribution in [0.3, 0.4) is 0 Å². The van der Waals surface area contributed by atoms with Gasteiger partial charge in [-0.1, -0.05) is 23.5 Å². The number of aromatic nitrogens is 1. The zero-order chi connectivity index (χ0) is 13.2. The Morgan fingerprint density at radius 1 is 1.33 bits per heavy atom. The van der Waals surface area contributed by atoms with E-state index in [9.17, 15) is 13.2 Å². The highest BCUT2D eigenvalue weighted by atomic mass is 79.9. The molecule has 0 saturated carbocycles. The van der Waals surface area contributed by atoms with Gasteiger partial charge in [0.1, 0.15) is 0 Å². The van der Waals surface area contributed by atoms with Crippen molar-refractivity contribution in [2.75, 3.05) is 0 Å². The molecule has 18 heavy (non-hydrogen) atoms. The van der Waals surface area contributed by atoms with E-state index >= 15 is 0 Å². The number of benzene rings is 1. The molecule has 0 aliphatic carbocycles. The van der Waals surface area contributed by atoms with Crippen LogP contribution in [0.15, 0.2) is 43.8 Å². The van der Waals surface area contributed by atoms with Gasteiger partial charge >= 0.3 is 4.87 Å². The summed E-state index contributed by atoms with van der Waals surface area (Å²) in [6.45, 7) is 0.0579. The van der Waals surface area contributed by atoms with Crippen molar-refractivity contribution in [1.82, 2.24) is 9.71 Å². The molecule has 2 N–H and O–H groups in total. The van der Waals surface area contributed by atoms with E-state index in [-0.39, 0.29) is 16.3 Å². The minimum atomic E-state index is -3.59. The molecule has 0 radical (unpaired) electrons. The van der Waals surface area contributed by atoms with Gasteiger partial charge in [-0.3, -0.25) is 4.79 Å². The molecule has 0 bridgehead atoms. The topological polar surface area (TPSA) is 79.0 Å². The zero-order valence-electron chi connectivity index (χ0n) is 9.01. The van der Waals surface area contributed by atoms with Crippen molar-refractivity contribution < 1.29 is 8.42 Å². The van der Waals surface area contributed by atoms with Crippen molar-refractivity contribution in [2.45, 2.75) is 11.4 Å². The Balaban J connectivity index is 2.18. The number of hydrogen-bond donors (Lipinski definition) is 2. The van der Waals surface area contributed by atoms with E-state index in [1.807, 2.05) is 0 Å². The first-order valence-electron chi connectivity index (χ1n) is 4.90. The van der Waals surface area contributed by atoms with Gasteiger partial charge in [0, 0.05) is 15.5 Å². The summed E-state index contributed by atoms with van der Waals surface area (Å²) in [4.78, 5) is 13.4. The van der Waals surface area contributed by atoms with Gasteiger partial charge in [0.25, 0.3) is 0 Å². The summed E-state index contributed by atoms with van der Waals surface area (Å²) >= 11 is 4.19. The summed E-state index contributed by atoms with van der Waals surface area (Å²) in [5.74, 6) is 0. The molecule has 0 aliphatic rings. The predicted molar refractivity (Wildman–Crippen MR) is 73.1 cm³/mol. The second-order valence-electron chi connectivity index (χ2n) is 3.43. The van der Waals surface area contributed by atoms with E-state index < -0.39 is 10.0 Å². The second kappa shape index (κ2) is 5.35. The average Bonchev–Trinajstić information content (AvgIpc) is 2.73. The van der Waals surface area contributed by atoms with Crippen molar-refractivity contribution in [2.24, 2.45) is 0 Å². The lowest BCUT2D eigenvalue weighted by molar-refractivity contribution is 0.580. The van der Waals surface area contributed by atoms with Crippen LogP contribution in [-0.2, 0) is 16.6 Å². The van der Waals surface area contributed by atoms with Gasteiger partial charge in [0.2, 0.25) is 10.0 Å². The molecule has 8 heteroatoms. The van der Waals surface area contributed by atoms with Crippen molar-refractivity contribution in [3.8, 4) is 0 Å². The summed E-state index contributed by atoms with van der Waals surface area (Å²) in [5, 5.41) is 1.59. The molecule has 0 saturated heterocycles. The number of hydrogen-bond acceptors (Lipinski definition) is 4. The van der Waals surface area contributed by atoms with E-state index in [0.29, 0.717) is 10.2 Å². The largest absolute Gasteiger partial charge is 0.315 e. The minimum absolute atomic E-state index is 0.0579. The van der Waals surface area contributed by atoms with Crippen LogP contribution in [0.2, 0.25) is 0 Å². The van der Waals surface area contributed by atoms with Crippen LogP contribution in [0.5, 0.6) is 0 Å². The Morgan fingerprint density at radius 2 is 2.06 bits per heavy atom. The van der Waals surface area contributed by atoms with E-state index in [0.717, 1.165) is 11.3 Å². The van der Waals surface area contributed by atoms with Crippen molar-refractivity contribution in [3.05, 3.63) is 49.5 Å². The Labute approximate surface area is 116 Å². The molecule has 2 rings (SSSR count). The van der Waals surface area contributed by atoms with Crippen LogP contribution in [0.1, 0.15) is 5.69 Å². The standard InChI is InChI=1S/C10H9BrN2O3S2/c11-8-3-1-2-4-9(8)18(15,16)12-5-7-6-17-10(14)13-7/h1-4,6,12H,5H2,(H,13,14). The molecule has 0 spiro atoms. The Morgan fingerprint density at radius 3 is 2.67 bits per heavy atom. The van der Waals surface area contributed by atoms with Crippen molar-refractivity contribution in [1.29, 1.82) is 0 Å². The van der Waals surface area contributed by atoms with E-state index in [2.05, 4.69) is 25.6 Å². The summed E-state index contributed by atoms with van der Waals surface area (Å²) in [6, 6.07) is 6.54. The molecule has 5 nitrogen and oxygen atoms in total. The lowest BCUT2D eigenvalue weighted by Gasteiger charge is -2.07. The number of sulfonamides is 1. The highest BCUT2D eigenvalue weighted by Gasteiger charge is 2.16. The molecule has 1 aromatic carbocycles. The van der Waals surface area contributed by atoms with Gasteiger partial charge in [0.15, 0.2) is 0 Å². The highest BCUT2D eigenvalue weighted by Crippen LogP contribution is 2.20. The van der Waals surface area contributed by atoms with Crippen LogP contribution >= 0.6 is 27.3 Å². The molecule has 0 atom stereocenters. The fourth-order valence-corrected chi connectivity index (χ4v) is 3.90. The fraction of sp³-hybridized carbons (Fsp3) is 0.100. The van der Waals surface area contributed by atoms with Crippen molar-refractivity contribution in [3.63, 3.8) is 0 Å². The number of aromatic amines is 1. The van der Waals surface area contributed by atoms with Gasteiger partial charge in [-0.05, 0) is 28.1 Å². The molecule has 0 amide bonds. The lowest BCUT2D eigenvalue weighted by Crippen LogP contribution is -2.24. The molecule has 1 heterocycles. The number of nitrogens with one attached hydrogen (secondary N) is 2. The molecular weight excluding hydrogens is 340 g/mol. The lowest BCUT2D eigenvalue weighted by atomic mass is 10.4. The monoisotopic (exact) mass is 348 g/mol. The fourth-order valence-electron chi connectivity index (χ4n) is 1.31. The molecule has 96 valence electrons. The normalized spacial score (nSPS) is 11.6. The molecular formula is C10H9BrN2O3S2. The van der Waals surface area contributed by atoms with Gasteiger partial charge in [-0.25, -0.2) is 13.1 Å². The van der Waals surface area contributed by atoms with Crippen LogP contribution in [0, 0.1) is 0 Å². The van der Waals surface area contributed by atoms with E-state index in [1.54, 1.807) is 23.6 Å². The van der Waals surface area contributed by atoms with Crippen LogP contribution in [0.4, 0.5) is 0 Å². The first-order valence-corrected chi connectivity index (χ1v) is 8.05. The van der Waals surface area contributed by atoms with Gasteiger partial charge < -0.3 is 4.98 Å². The van der Waals surface area contributed by atoms with Crippen LogP contribution in [-0.4, -0.2) is 13.4 Å². The third-order valence-electron chi connectivity index (χ3n) is 2.15. The first kappa shape index (κ1) is 13.5. The number of rotatable bonds is 4. The summed E-state index contributed by atoms with van der Waals surface area (Å²) < 4.78 is 26.9. The third kappa shape index (κ3) is 3.08. The maximum absolute atomic E-state index is 12.0. The number of halogens is 1. The molecule has 2 aromatic rings. The second-order valence-corrected chi connectivity index (χ2v) is 6.86. The Kier molecular flexibility index (Phi) is 4.00. The maximum atomic E-state index is 12.0. The highest BCUT2D eigenvalue weighted by molar-refractivity contribution is 9.10. The molecule has 0 aliphatic heterocycles. The van der Waals surface area contributed by atoms with Gasteiger partial charge in [-0.2, -0.15) is 0 Å². The van der Waals surface area contributed by atoms with Crippen LogP contribution in [0.25, 0.3) is 0 Å². The van der Waals surface area contributed by atoms with Crippen LogP contribution < -0.4 is 9.60 Å². The first-order chi connectivity index (χ1) is 8.49. The zero-order valence-corrected chi connectivity index (χ0v) is 12.2. The van der Waals surface area contributed by atoms with E-state index in [4.69, 9.17) is 0 Å². The number of H-pyrrole nitrogens is 1. The van der Waals surface area contributed by atoms with Gasteiger partial charge in [0.05, 0.1) is 11.4 Å². The summed E-state index contributed by atoms with van der Waals surface area (Å²) in [7, 11) is -3.59. The quantitative estimate of drug-likeness (QED) is 0.882. The third-order valence-corrected chi connectivity index (χ3v) is 5.28. The van der Waals surface area contributed by atoms with Gasteiger partial charge in [-0.15, -0.1) is 0 Å². The SMILES string of the molecule is O=c1[nH]c(CNS(=O)(=O)c2ccccc2Br)cs1. The summed E-state index contributed by atoms with van der Waals surface area (Å²) in [6.07, 6.45) is 0. The van der Waals surface area contributed by atoms with E-state index in [1.165, 1.54) is 6.07 Å².